The molecular weight excluding hydrogens is 234 g/mol. The fourth-order valence-corrected chi connectivity index (χ4v) is 1.28. The summed E-state index contributed by atoms with van der Waals surface area (Å²) < 4.78 is 0.684. The lowest BCUT2D eigenvalue weighted by atomic mass is 10.1. The van der Waals surface area contributed by atoms with E-state index in [4.69, 9.17) is 10.4 Å². The van der Waals surface area contributed by atoms with E-state index in [-0.39, 0.29) is 6.42 Å². The number of carboxylic acids is 1. The van der Waals surface area contributed by atoms with Crippen LogP contribution in [0.1, 0.15) is 11.1 Å². The SMILES string of the molecule is N#Cc1cc(CC(=O)O)ccc1Br. The highest BCUT2D eigenvalue weighted by Crippen LogP contribution is 2.17. The van der Waals surface area contributed by atoms with Gasteiger partial charge >= 0.3 is 5.97 Å². The molecule has 0 saturated carbocycles. The predicted molar refractivity (Wildman–Crippen MR) is 50.2 cm³/mol. The third kappa shape index (κ3) is 2.56. The minimum atomic E-state index is -0.897. The lowest BCUT2D eigenvalue weighted by Gasteiger charge is -1.98. The monoisotopic (exact) mass is 239 g/mol. The number of hydrogen-bond acceptors (Lipinski definition) is 2. The Hall–Kier alpha value is -1.34. The lowest BCUT2D eigenvalue weighted by molar-refractivity contribution is -0.136. The average molecular weight is 240 g/mol. The molecule has 0 amide bonds. The summed E-state index contributed by atoms with van der Waals surface area (Å²) in [7, 11) is 0. The van der Waals surface area contributed by atoms with Crippen molar-refractivity contribution in [3.8, 4) is 6.07 Å². The molecular formula is C9H6BrNO2. The zero-order chi connectivity index (χ0) is 9.84. The van der Waals surface area contributed by atoms with Gasteiger partial charge in [0, 0.05) is 4.47 Å². The molecule has 0 heterocycles. The molecule has 66 valence electrons. The van der Waals surface area contributed by atoms with Crippen LogP contribution in [-0.4, -0.2) is 11.1 Å². The standard InChI is InChI=1S/C9H6BrNO2/c10-8-2-1-6(4-9(12)13)3-7(8)5-11/h1-3H,4H2,(H,12,13). The number of nitriles is 1. The van der Waals surface area contributed by atoms with Crippen molar-refractivity contribution < 1.29 is 9.90 Å². The number of rotatable bonds is 2. The average Bonchev–Trinajstić information content (AvgIpc) is 2.07. The largest absolute Gasteiger partial charge is 0.481 e. The summed E-state index contributed by atoms with van der Waals surface area (Å²) in [6.45, 7) is 0. The molecule has 3 nitrogen and oxygen atoms in total. The van der Waals surface area contributed by atoms with Gasteiger partial charge in [-0.05, 0) is 33.6 Å². The van der Waals surface area contributed by atoms with Crippen LogP contribution in [0.25, 0.3) is 0 Å². The van der Waals surface area contributed by atoms with Crippen molar-refractivity contribution in [3.05, 3.63) is 33.8 Å². The van der Waals surface area contributed by atoms with E-state index in [1.54, 1.807) is 18.2 Å². The first kappa shape index (κ1) is 9.75. The van der Waals surface area contributed by atoms with Crippen LogP contribution in [0.2, 0.25) is 0 Å². The Morgan fingerprint density at radius 3 is 2.85 bits per heavy atom. The molecule has 0 aliphatic carbocycles. The van der Waals surface area contributed by atoms with Gasteiger partial charge in [0.1, 0.15) is 6.07 Å². The van der Waals surface area contributed by atoms with Gasteiger partial charge in [-0.1, -0.05) is 6.07 Å². The molecule has 1 aromatic rings. The van der Waals surface area contributed by atoms with Crippen molar-refractivity contribution in [1.29, 1.82) is 5.26 Å². The molecule has 0 radical (unpaired) electrons. The Morgan fingerprint density at radius 2 is 2.31 bits per heavy atom. The van der Waals surface area contributed by atoms with Crippen LogP contribution in [0.3, 0.4) is 0 Å². The molecule has 0 aliphatic rings. The fourth-order valence-electron chi connectivity index (χ4n) is 0.943. The Morgan fingerprint density at radius 1 is 1.62 bits per heavy atom. The smallest absolute Gasteiger partial charge is 0.307 e. The first-order valence-corrected chi connectivity index (χ1v) is 4.33. The zero-order valence-electron chi connectivity index (χ0n) is 6.62. The minimum Gasteiger partial charge on any atom is -0.481 e. The van der Waals surface area contributed by atoms with E-state index in [0.717, 1.165) is 0 Å². The molecule has 1 rings (SSSR count). The van der Waals surface area contributed by atoms with Gasteiger partial charge in [-0.15, -0.1) is 0 Å². The molecule has 0 aromatic heterocycles. The summed E-state index contributed by atoms with van der Waals surface area (Å²) in [5, 5.41) is 17.2. The Labute approximate surface area is 83.7 Å². The molecule has 0 fully saturated rings. The normalized spacial score (nSPS) is 9.23. The van der Waals surface area contributed by atoms with E-state index in [1.165, 1.54) is 0 Å². The van der Waals surface area contributed by atoms with Gasteiger partial charge in [-0.25, -0.2) is 0 Å². The third-order valence-corrected chi connectivity index (χ3v) is 2.20. The number of halogens is 1. The maximum Gasteiger partial charge on any atom is 0.307 e. The second-order valence-corrected chi connectivity index (χ2v) is 3.35. The molecule has 0 unspecified atom stereocenters. The number of carbonyl (C=O) groups is 1. The zero-order valence-corrected chi connectivity index (χ0v) is 8.21. The second kappa shape index (κ2) is 4.06. The van der Waals surface area contributed by atoms with Gasteiger partial charge < -0.3 is 5.11 Å². The minimum absolute atomic E-state index is 0.0536. The highest BCUT2D eigenvalue weighted by molar-refractivity contribution is 9.10. The molecule has 4 heteroatoms. The van der Waals surface area contributed by atoms with E-state index in [1.807, 2.05) is 6.07 Å². The number of carboxylic acid groups (broad SMARTS) is 1. The van der Waals surface area contributed by atoms with Crippen LogP contribution in [0, 0.1) is 11.3 Å². The van der Waals surface area contributed by atoms with Crippen LogP contribution in [0.5, 0.6) is 0 Å². The van der Waals surface area contributed by atoms with Crippen LogP contribution in [-0.2, 0) is 11.2 Å². The maximum absolute atomic E-state index is 10.4. The second-order valence-electron chi connectivity index (χ2n) is 2.50. The predicted octanol–water partition coefficient (Wildman–Crippen LogP) is 1.95. The van der Waals surface area contributed by atoms with Crippen LogP contribution < -0.4 is 0 Å². The van der Waals surface area contributed by atoms with Crippen molar-refractivity contribution in [2.24, 2.45) is 0 Å². The van der Waals surface area contributed by atoms with Crippen molar-refractivity contribution in [2.75, 3.05) is 0 Å². The van der Waals surface area contributed by atoms with E-state index in [2.05, 4.69) is 15.9 Å². The first-order valence-electron chi connectivity index (χ1n) is 3.54. The highest BCUT2D eigenvalue weighted by atomic mass is 79.9. The van der Waals surface area contributed by atoms with Gasteiger partial charge in [-0.3, -0.25) is 4.79 Å². The Bertz CT molecular complexity index is 382. The van der Waals surface area contributed by atoms with E-state index in [9.17, 15) is 4.79 Å². The van der Waals surface area contributed by atoms with Crippen molar-refractivity contribution >= 4 is 21.9 Å². The lowest BCUT2D eigenvalue weighted by Crippen LogP contribution is -2.00. The van der Waals surface area contributed by atoms with Crippen molar-refractivity contribution in [3.63, 3.8) is 0 Å². The molecule has 1 aromatic carbocycles. The van der Waals surface area contributed by atoms with Crippen molar-refractivity contribution in [2.45, 2.75) is 6.42 Å². The number of nitrogens with zero attached hydrogens (tertiary/aromatic N) is 1. The Balaban J connectivity index is 3.01. The van der Waals surface area contributed by atoms with Gasteiger partial charge in [-0.2, -0.15) is 5.26 Å². The van der Waals surface area contributed by atoms with Crippen LogP contribution >= 0.6 is 15.9 Å². The fraction of sp³-hybridized carbons (Fsp3) is 0.111. The van der Waals surface area contributed by atoms with Gasteiger partial charge in [0.05, 0.1) is 12.0 Å². The summed E-state index contributed by atoms with van der Waals surface area (Å²) in [5.74, 6) is -0.897. The van der Waals surface area contributed by atoms with Gasteiger partial charge in [0.15, 0.2) is 0 Å². The summed E-state index contributed by atoms with van der Waals surface area (Å²) >= 11 is 3.19. The van der Waals surface area contributed by atoms with Gasteiger partial charge in [0.2, 0.25) is 0 Å². The molecule has 0 spiro atoms. The van der Waals surface area contributed by atoms with Gasteiger partial charge in [0.25, 0.3) is 0 Å². The van der Waals surface area contributed by atoms with Crippen LogP contribution in [0.15, 0.2) is 22.7 Å². The summed E-state index contributed by atoms with van der Waals surface area (Å²) in [6.07, 6.45) is -0.0536. The molecule has 1 N–H and O–H groups in total. The molecule has 13 heavy (non-hydrogen) atoms. The molecule has 0 bridgehead atoms. The highest BCUT2D eigenvalue weighted by Gasteiger charge is 2.03. The molecule has 0 atom stereocenters. The summed E-state index contributed by atoms with van der Waals surface area (Å²) in [6, 6.07) is 6.89. The summed E-state index contributed by atoms with van der Waals surface area (Å²) in [4.78, 5) is 10.4. The topological polar surface area (TPSA) is 61.1 Å². The summed E-state index contributed by atoms with van der Waals surface area (Å²) in [5.41, 5.74) is 1.09. The number of hydrogen-bond donors (Lipinski definition) is 1. The maximum atomic E-state index is 10.4. The Kier molecular flexibility index (Phi) is 3.04. The quantitative estimate of drug-likeness (QED) is 0.859. The third-order valence-electron chi connectivity index (χ3n) is 1.51. The van der Waals surface area contributed by atoms with E-state index >= 15 is 0 Å². The van der Waals surface area contributed by atoms with Crippen molar-refractivity contribution in [1.82, 2.24) is 0 Å². The number of aliphatic carboxylic acids is 1. The van der Waals surface area contributed by atoms with E-state index in [0.29, 0.717) is 15.6 Å². The first-order chi connectivity index (χ1) is 6.13. The molecule has 0 aliphatic heterocycles. The van der Waals surface area contributed by atoms with Crippen LogP contribution in [0.4, 0.5) is 0 Å². The van der Waals surface area contributed by atoms with E-state index < -0.39 is 5.97 Å². The number of benzene rings is 1. The molecule has 0 saturated heterocycles.